The van der Waals surface area contributed by atoms with Crippen LogP contribution in [0.4, 0.5) is 0 Å². The lowest BCUT2D eigenvalue weighted by Gasteiger charge is -2.26. The van der Waals surface area contributed by atoms with Gasteiger partial charge < -0.3 is 5.73 Å². The van der Waals surface area contributed by atoms with Crippen LogP contribution in [-0.4, -0.2) is 12.3 Å². The van der Waals surface area contributed by atoms with Crippen LogP contribution in [0.2, 0.25) is 0 Å². The van der Waals surface area contributed by atoms with Crippen LogP contribution in [0.25, 0.3) is 0 Å². The van der Waals surface area contributed by atoms with Gasteiger partial charge in [-0.2, -0.15) is 0 Å². The molecule has 1 fully saturated rings. The van der Waals surface area contributed by atoms with Crippen LogP contribution < -0.4 is 5.73 Å². The number of nitrogens with two attached hydrogens (primary N) is 1. The zero-order valence-electron chi connectivity index (χ0n) is 12.3. The second-order valence-corrected chi connectivity index (χ2v) is 6.85. The molecule has 0 amide bonds. The van der Waals surface area contributed by atoms with Crippen molar-refractivity contribution in [2.75, 3.05) is 6.54 Å². The predicted molar refractivity (Wildman–Crippen MR) is 79.4 cm³/mol. The van der Waals surface area contributed by atoms with Crippen LogP contribution in [0.15, 0.2) is 24.3 Å². The molecule has 0 spiro atoms. The van der Waals surface area contributed by atoms with Crippen LogP contribution in [0.3, 0.4) is 0 Å². The Morgan fingerprint density at radius 3 is 2.11 bits per heavy atom. The summed E-state index contributed by atoms with van der Waals surface area (Å²) < 4.78 is 0. The van der Waals surface area contributed by atoms with Crippen molar-refractivity contribution in [3.63, 3.8) is 0 Å². The second-order valence-electron chi connectivity index (χ2n) is 6.85. The summed E-state index contributed by atoms with van der Waals surface area (Å²) in [6.45, 7) is 7.03. The minimum atomic E-state index is -0.288. The zero-order chi connectivity index (χ0) is 14.1. The fourth-order valence-electron chi connectivity index (χ4n) is 3.00. The van der Waals surface area contributed by atoms with Gasteiger partial charge >= 0.3 is 0 Å². The van der Waals surface area contributed by atoms with Gasteiger partial charge in [-0.15, -0.1) is 0 Å². The number of ketones is 1. The Balaban J connectivity index is 2.25. The van der Waals surface area contributed by atoms with E-state index in [1.54, 1.807) is 0 Å². The topological polar surface area (TPSA) is 43.1 Å². The predicted octanol–water partition coefficient (Wildman–Crippen LogP) is 3.69. The van der Waals surface area contributed by atoms with E-state index in [2.05, 4.69) is 32.9 Å². The first kappa shape index (κ1) is 14.3. The van der Waals surface area contributed by atoms with Crippen molar-refractivity contribution < 1.29 is 4.79 Å². The van der Waals surface area contributed by atoms with Gasteiger partial charge in [0.15, 0.2) is 5.78 Å². The summed E-state index contributed by atoms with van der Waals surface area (Å²) in [7, 11) is 0. The molecule has 0 unspecified atom stereocenters. The number of hydrogen-bond donors (Lipinski definition) is 1. The van der Waals surface area contributed by atoms with E-state index in [4.69, 9.17) is 5.73 Å². The summed E-state index contributed by atoms with van der Waals surface area (Å²) in [4.78, 5) is 12.7. The van der Waals surface area contributed by atoms with Crippen molar-refractivity contribution in [2.24, 2.45) is 11.1 Å². The summed E-state index contributed by atoms with van der Waals surface area (Å²) in [5, 5.41) is 0. The number of hydrogen-bond acceptors (Lipinski definition) is 2. The Labute approximate surface area is 116 Å². The van der Waals surface area contributed by atoms with E-state index in [0.717, 1.165) is 31.2 Å². The molecular weight excluding hydrogens is 234 g/mol. The lowest BCUT2D eigenvalue weighted by molar-refractivity contribution is 0.0810. The molecule has 0 aliphatic heterocycles. The summed E-state index contributed by atoms with van der Waals surface area (Å²) >= 11 is 0. The first-order valence-electron chi connectivity index (χ1n) is 7.24. The van der Waals surface area contributed by atoms with E-state index in [1.165, 1.54) is 5.56 Å². The Kier molecular flexibility index (Phi) is 3.82. The fourth-order valence-corrected chi connectivity index (χ4v) is 3.00. The maximum Gasteiger partial charge on any atom is 0.170 e. The maximum absolute atomic E-state index is 12.7. The second kappa shape index (κ2) is 5.09. The summed E-state index contributed by atoms with van der Waals surface area (Å²) in [6.07, 6.45) is 4.15. The van der Waals surface area contributed by atoms with Gasteiger partial charge in [-0.05, 0) is 23.8 Å². The first-order valence-corrected chi connectivity index (χ1v) is 7.24. The molecule has 2 N–H and O–H groups in total. The molecule has 104 valence electrons. The molecule has 0 aromatic heterocycles. The van der Waals surface area contributed by atoms with Crippen LogP contribution in [0, 0.1) is 5.41 Å². The molecule has 2 rings (SSSR count). The Bertz CT molecular complexity index is 447. The molecular formula is C17H25NO. The van der Waals surface area contributed by atoms with Gasteiger partial charge in [0.05, 0.1) is 0 Å². The van der Waals surface area contributed by atoms with Gasteiger partial charge in [-0.25, -0.2) is 0 Å². The molecule has 0 atom stereocenters. The third kappa shape index (κ3) is 2.74. The maximum atomic E-state index is 12.7. The smallest absolute Gasteiger partial charge is 0.170 e. The summed E-state index contributed by atoms with van der Waals surface area (Å²) in [5.41, 5.74) is 7.80. The molecule has 19 heavy (non-hydrogen) atoms. The number of benzene rings is 1. The van der Waals surface area contributed by atoms with E-state index in [1.807, 2.05) is 12.1 Å². The highest BCUT2D eigenvalue weighted by Gasteiger charge is 2.40. The average Bonchev–Trinajstić information content (AvgIpc) is 2.87. The molecule has 1 aromatic rings. The van der Waals surface area contributed by atoms with Gasteiger partial charge in [0.25, 0.3) is 0 Å². The molecule has 1 saturated carbocycles. The third-order valence-corrected chi connectivity index (χ3v) is 4.45. The van der Waals surface area contributed by atoms with Crippen LogP contribution in [-0.2, 0) is 5.41 Å². The fraction of sp³-hybridized carbons (Fsp3) is 0.588. The lowest BCUT2D eigenvalue weighted by Crippen LogP contribution is -2.36. The summed E-state index contributed by atoms with van der Waals surface area (Å²) in [5.74, 6) is 0.243. The van der Waals surface area contributed by atoms with Crippen molar-refractivity contribution in [3.8, 4) is 0 Å². The van der Waals surface area contributed by atoms with E-state index in [9.17, 15) is 4.79 Å². The number of rotatable bonds is 3. The molecule has 0 heterocycles. The van der Waals surface area contributed by atoms with E-state index < -0.39 is 0 Å². The summed E-state index contributed by atoms with van der Waals surface area (Å²) in [6, 6.07) is 8.09. The molecule has 0 bridgehead atoms. The Hall–Kier alpha value is -1.15. The average molecular weight is 259 g/mol. The van der Waals surface area contributed by atoms with Gasteiger partial charge in [0, 0.05) is 17.5 Å². The van der Waals surface area contributed by atoms with Crippen molar-refractivity contribution in [1.82, 2.24) is 0 Å². The number of carbonyl (C=O) groups is 1. The molecule has 2 heteroatoms. The van der Waals surface area contributed by atoms with Crippen LogP contribution in [0.1, 0.15) is 62.4 Å². The number of carbonyl (C=O) groups excluding carboxylic acids is 1. The largest absolute Gasteiger partial charge is 0.329 e. The minimum absolute atomic E-state index is 0.125. The molecule has 1 aliphatic rings. The van der Waals surface area contributed by atoms with Gasteiger partial charge in [0.1, 0.15) is 0 Å². The minimum Gasteiger partial charge on any atom is -0.329 e. The highest BCUT2D eigenvalue weighted by molar-refractivity contribution is 6.00. The molecule has 0 saturated heterocycles. The SMILES string of the molecule is CC(C)(C)c1ccc(C(=O)C2(CN)CCCC2)cc1. The van der Waals surface area contributed by atoms with Crippen molar-refractivity contribution in [1.29, 1.82) is 0 Å². The normalized spacial score (nSPS) is 18.5. The highest BCUT2D eigenvalue weighted by atomic mass is 16.1. The quantitative estimate of drug-likeness (QED) is 0.841. The third-order valence-electron chi connectivity index (χ3n) is 4.45. The van der Waals surface area contributed by atoms with Crippen LogP contribution >= 0.6 is 0 Å². The van der Waals surface area contributed by atoms with Gasteiger partial charge in [0.2, 0.25) is 0 Å². The standard InChI is InChI=1S/C17H25NO/c1-16(2,3)14-8-6-13(7-9-14)15(19)17(12-18)10-4-5-11-17/h6-9H,4-5,10-12,18H2,1-3H3. The van der Waals surface area contributed by atoms with Gasteiger partial charge in [-0.3, -0.25) is 4.79 Å². The van der Waals surface area contributed by atoms with Crippen LogP contribution in [0.5, 0.6) is 0 Å². The molecule has 2 nitrogen and oxygen atoms in total. The van der Waals surface area contributed by atoms with Crippen molar-refractivity contribution in [3.05, 3.63) is 35.4 Å². The molecule has 0 radical (unpaired) electrons. The Morgan fingerprint density at radius 2 is 1.68 bits per heavy atom. The highest BCUT2D eigenvalue weighted by Crippen LogP contribution is 2.40. The Morgan fingerprint density at radius 1 is 1.16 bits per heavy atom. The molecule has 1 aliphatic carbocycles. The molecule has 1 aromatic carbocycles. The van der Waals surface area contributed by atoms with Crippen molar-refractivity contribution in [2.45, 2.75) is 51.9 Å². The first-order chi connectivity index (χ1) is 8.89. The van der Waals surface area contributed by atoms with Gasteiger partial charge in [-0.1, -0.05) is 57.9 Å². The zero-order valence-corrected chi connectivity index (χ0v) is 12.3. The van der Waals surface area contributed by atoms with Crippen molar-refractivity contribution >= 4 is 5.78 Å². The lowest BCUT2D eigenvalue weighted by atomic mass is 9.78. The van der Waals surface area contributed by atoms with E-state index in [0.29, 0.717) is 6.54 Å². The van der Waals surface area contributed by atoms with E-state index >= 15 is 0 Å². The monoisotopic (exact) mass is 259 g/mol. The number of Topliss-reactive ketones (excluding diaryl/α,β-unsaturated/α-hetero) is 1. The van der Waals surface area contributed by atoms with E-state index in [-0.39, 0.29) is 16.6 Å².